The quantitative estimate of drug-likeness (QED) is 0.252. The third kappa shape index (κ3) is 5.85. The molecule has 4 nitrogen and oxygen atoms in total. The molecule has 2 amide bonds. The molecule has 3 saturated carbocycles. The molecule has 228 valence electrons. The predicted molar refractivity (Wildman–Crippen MR) is 164 cm³/mol. The lowest BCUT2D eigenvalue weighted by atomic mass is 9.47. The van der Waals surface area contributed by atoms with Gasteiger partial charge in [-0.3, -0.25) is 9.59 Å². The van der Waals surface area contributed by atoms with Crippen molar-refractivity contribution in [3.63, 3.8) is 0 Å². The van der Waals surface area contributed by atoms with Crippen molar-refractivity contribution in [2.75, 3.05) is 13.6 Å². The highest BCUT2D eigenvalue weighted by Crippen LogP contribution is 2.65. The average Bonchev–Trinajstić information content (AvgIpc) is 3.31. The predicted octanol–water partition coefficient (Wildman–Crippen LogP) is 8.64. The zero-order valence-corrected chi connectivity index (χ0v) is 26.3. The number of amides is 2. The van der Waals surface area contributed by atoms with Crippen LogP contribution >= 0.6 is 0 Å². The summed E-state index contributed by atoms with van der Waals surface area (Å²) in [4.78, 5) is 30.9. The Hall–Kier alpha value is -1.91. The van der Waals surface area contributed by atoms with E-state index in [2.05, 4.69) is 30.6 Å². The Morgan fingerprint density at radius 2 is 1.54 bits per heavy atom. The summed E-state index contributed by atoms with van der Waals surface area (Å²) in [5.41, 5.74) is 0.956. The molecule has 0 radical (unpaired) electrons. The second-order valence-corrected chi connectivity index (χ2v) is 14.6. The van der Waals surface area contributed by atoms with Crippen LogP contribution in [0.5, 0.6) is 0 Å². The van der Waals surface area contributed by atoms with E-state index >= 15 is 0 Å². The van der Waals surface area contributed by atoms with Crippen LogP contribution in [0.4, 0.5) is 4.39 Å². The SMILES string of the molecule is CCCCCCCCCCN(C(=O)c1ccc(F)cc1)[C@H]1CC[C@H]2[C@@H]3CC[C@H]4N(C)C(=O)CC[C@]4(C)[C@H]3CC[C@]12C. The number of carbonyl (C=O) groups is 2. The van der Waals surface area contributed by atoms with Crippen molar-refractivity contribution >= 4 is 11.8 Å². The van der Waals surface area contributed by atoms with Gasteiger partial charge in [0.05, 0.1) is 0 Å². The first-order valence-electron chi connectivity index (χ1n) is 17.0. The summed E-state index contributed by atoms with van der Waals surface area (Å²) >= 11 is 0. The van der Waals surface area contributed by atoms with Crippen LogP contribution in [0.25, 0.3) is 0 Å². The molecule has 4 aliphatic rings. The second kappa shape index (κ2) is 12.8. The fourth-order valence-electron chi connectivity index (χ4n) is 10.2. The molecule has 5 heteroatoms. The standard InChI is InChI=1S/C36H55FN2O2/c1-5-6-7-8-9-10-11-12-25-39(34(41)26-13-15-27(37)16-14-26)32-20-18-29-28-17-19-31-35(2,24-22-33(40)38(31)4)30(28)21-23-36(29,32)3/h13-16,28-32H,5-12,17-25H2,1-4H3/t28-,29-,30-,31+,32-,35+,36-/m0/s1. The molecule has 41 heavy (non-hydrogen) atoms. The van der Waals surface area contributed by atoms with Gasteiger partial charge in [0.1, 0.15) is 5.82 Å². The topological polar surface area (TPSA) is 40.6 Å². The maximum atomic E-state index is 14.1. The van der Waals surface area contributed by atoms with E-state index in [1.54, 1.807) is 12.1 Å². The molecule has 0 unspecified atom stereocenters. The van der Waals surface area contributed by atoms with Crippen LogP contribution in [0.15, 0.2) is 24.3 Å². The first-order valence-corrected chi connectivity index (χ1v) is 17.0. The first kappa shape index (κ1) is 30.5. The average molecular weight is 567 g/mol. The summed E-state index contributed by atoms with van der Waals surface area (Å²) in [7, 11) is 2.04. The summed E-state index contributed by atoms with van der Waals surface area (Å²) in [6.45, 7) is 8.04. The molecule has 1 aromatic carbocycles. The van der Waals surface area contributed by atoms with Crippen molar-refractivity contribution in [2.45, 2.75) is 136 Å². The number of rotatable bonds is 11. The third-order valence-electron chi connectivity index (χ3n) is 12.5. The number of unbranched alkanes of at least 4 members (excludes halogenated alkanes) is 7. The number of piperidine rings is 1. The summed E-state index contributed by atoms with van der Waals surface area (Å²) in [6, 6.07) is 6.83. The maximum Gasteiger partial charge on any atom is 0.254 e. The first-order chi connectivity index (χ1) is 19.7. The van der Waals surface area contributed by atoms with E-state index in [1.807, 2.05) is 7.05 Å². The number of hydrogen-bond donors (Lipinski definition) is 0. The van der Waals surface area contributed by atoms with Crippen molar-refractivity contribution in [3.05, 3.63) is 35.6 Å². The molecular weight excluding hydrogens is 511 g/mol. The number of halogens is 1. The lowest BCUT2D eigenvalue weighted by Gasteiger charge is -2.62. The fraction of sp³-hybridized carbons (Fsp3) is 0.778. The van der Waals surface area contributed by atoms with Crippen molar-refractivity contribution in [3.8, 4) is 0 Å². The van der Waals surface area contributed by atoms with E-state index in [0.29, 0.717) is 41.7 Å². The Labute approximate surface area is 248 Å². The highest BCUT2D eigenvalue weighted by Gasteiger charge is 2.62. The summed E-state index contributed by atoms with van der Waals surface area (Å²) in [6.07, 6.45) is 18.7. The number of likely N-dealkylation sites (tertiary alicyclic amines) is 1. The van der Waals surface area contributed by atoms with Crippen molar-refractivity contribution in [1.29, 1.82) is 0 Å². The Kier molecular flexibility index (Phi) is 9.50. The summed E-state index contributed by atoms with van der Waals surface area (Å²) in [5, 5.41) is 0. The van der Waals surface area contributed by atoms with Gasteiger partial charge < -0.3 is 9.80 Å². The van der Waals surface area contributed by atoms with Crippen LogP contribution in [-0.4, -0.2) is 47.3 Å². The molecule has 0 spiro atoms. The Morgan fingerprint density at radius 1 is 0.878 bits per heavy atom. The van der Waals surface area contributed by atoms with Crippen LogP contribution in [-0.2, 0) is 4.79 Å². The number of carbonyl (C=O) groups excluding carboxylic acids is 2. The molecule has 1 heterocycles. The molecule has 5 rings (SSSR count). The van der Waals surface area contributed by atoms with Crippen LogP contribution < -0.4 is 0 Å². The minimum absolute atomic E-state index is 0.0880. The number of hydrogen-bond acceptors (Lipinski definition) is 2. The van der Waals surface area contributed by atoms with Crippen molar-refractivity contribution < 1.29 is 14.0 Å². The van der Waals surface area contributed by atoms with Gasteiger partial charge in [0.15, 0.2) is 0 Å². The second-order valence-electron chi connectivity index (χ2n) is 14.6. The molecular formula is C36H55FN2O2. The Bertz CT molecular complexity index is 1060. The smallest absolute Gasteiger partial charge is 0.254 e. The molecule has 7 atom stereocenters. The van der Waals surface area contributed by atoms with Crippen molar-refractivity contribution in [1.82, 2.24) is 9.80 Å². The maximum absolute atomic E-state index is 14.1. The van der Waals surface area contributed by atoms with E-state index in [4.69, 9.17) is 0 Å². The molecule has 0 aromatic heterocycles. The normalized spacial score (nSPS) is 34.6. The third-order valence-corrected chi connectivity index (χ3v) is 12.5. The van der Waals surface area contributed by atoms with Gasteiger partial charge >= 0.3 is 0 Å². The number of nitrogens with zero attached hydrogens (tertiary/aromatic N) is 2. The highest BCUT2D eigenvalue weighted by molar-refractivity contribution is 5.94. The molecule has 0 bridgehead atoms. The molecule has 3 aliphatic carbocycles. The zero-order valence-electron chi connectivity index (χ0n) is 26.3. The number of fused-ring (bicyclic) bond motifs is 5. The van der Waals surface area contributed by atoms with Crippen molar-refractivity contribution in [2.24, 2.45) is 28.6 Å². The lowest BCUT2D eigenvalue weighted by Crippen LogP contribution is -2.62. The fourth-order valence-corrected chi connectivity index (χ4v) is 10.2. The van der Waals surface area contributed by atoms with Gasteiger partial charge in [0.2, 0.25) is 5.91 Å². The van der Waals surface area contributed by atoms with E-state index in [-0.39, 0.29) is 28.6 Å². The monoisotopic (exact) mass is 566 g/mol. The molecule has 0 N–H and O–H groups in total. The minimum atomic E-state index is -0.290. The Balaban J connectivity index is 1.31. The lowest BCUT2D eigenvalue weighted by molar-refractivity contribution is -0.158. The van der Waals surface area contributed by atoms with Crippen LogP contribution in [0, 0.1) is 34.4 Å². The van der Waals surface area contributed by atoms with Gasteiger partial charge in [-0.15, -0.1) is 0 Å². The van der Waals surface area contributed by atoms with E-state index in [0.717, 1.165) is 38.6 Å². The summed E-state index contributed by atoms with van der Waals surface area (Å²) < 4.78 is 13.7. The van der Waals surface area contributed by atoms with E-state index < -0.39 is 0 Å². The minimum Gasteiger partial charge on any atom is -0.342 e. The molecule has 1 saturated heterocycles. The largest absolute Gasteiger partial charge is 0.342 e. The van der Waals surface area contributed by atoms with Gasteiger partial charge in [-0.2, -0.15) is 0 Å². The van der Waals surface area contributed by atoms with Gasteiger partial charge in [0.25, 0.3) is 5.91 Å². The van der Waals surface area contributed by atoms with Crippen LogP contribution in [0.2, 0.25) is 0 Å². The van der Waals surface area contributed by atoms with Crippen LogP contribution in [0.3, 0.4) is 0 Å². The van der Waals surface area contributed by atoms with Gasteiger partial charge in [-0.1, -0.05) is 65.7 Å². The van der Waals surface area contributed by atoms with Crippen LogP contribution in [0.1, 0.15) is 134 Å². The Morgan fingerprint density at radius 3 is 2.24 bits per heavy atom. The molecule has 1 aromatic rings. The summed E-state index contributed by atoms with van der Waals surface area (Å²) in [5.74, 6) is 2.11. The number of benzene rings is 1. The van der Waals surface area contributed by atoms with E-state index in [1.165, 1.54) is 76.3 Å². The van der Waals surface area contributed by atoms with Gasteiger partial charge in [0, 0.05) is 37.7 Å². The van der Waals surface area contributed by atoms with Gasteiger partial charge in [-0.05, 0) is 104 Å². The zero-order chi connectivity index (χ0) is 29.2. The van der Waals surface area contributed by atoms with Gasteiger partial charge in [-0.25, -0.2) is 4.39 Å². The molecule has 4 fully saturated rings. The molecule has 1 aliphatic heterocycles. The van der Waals surface area contributed by atoms with E-state index in [9.17, 15) is 14.0 Å². The highest BCUT2D eigenvalue weighted by atomic mass is 19.1.